The highest BCUT2D eigenvalue weighted by Crippen LogP contribution is 2.34. The Morgan fingerprint density at radius 3 is 1.93 bits per heavy atom. The van der Waals surface area contributed by atoms with Crippen LogP contribution < -0.4 is 14.8 Å². The Hall–Kier alpha value is -0.650. The quantitative estimate of drug-likeness (QED) is 0.865. The minimum Gasteiger partial charge on any atom is -0.495 e. The molecular weight excluding hydrogens is 305 g/mol. The van der Waals surface area contributed by atoms with Crippen LogP contribution in [0.3, 0.4) is 0 Å². The Balaban J connectivity index is 3.09. The molecule has 1 rings (SSSR count). The van der Waals surface area contributed by atoms with Gasteiger partial charge in [0.1, 0.15) is 11.5 Å². The van der Waals surface area contributed by atoms with Gasteiger partial charge in [-0.05, 0) is 36.4 Å². The van der Waals surface area contributed by atoms with E-state index in [1.54, 1.807) is 14.2 Å². The lowest BCUT2D eigenvalue weighted by Gasteiger charge is -2.14. The molecule has 0 amide bonds. The molecule has 0 aliphatic heterocycles. The summed E-state index contributed by atoms with van der Waals surface area (Å²) in [6.07, 6.45) is 0. The van der Waals surface area contributed by atoms with E-state index in [2.05, 4.69) is 41.8 Å². The van der Waals surface area contributed by atoms with Gasteiger partial charge >= 0.3 is 0 Å². The van der Waals surface area contributed by atoms with Crippen molar-refractivity contribution in [2.45, 2.75) is 19.9 Å². The maximum atomic E-state index is 5.28. The lowest BCUT2D eigenvalue weighted by Crippen LogP contribution is -2.10. The van der Waals surface area contributed by atoms with Crippen LogP contribution in [-0.4, -0.2) is 20.3 Å². The van der Waals surface area contributed by atoms with Crippen LogP contribution >= 0.6 is 22.6 Å². The Morgan fingerprint density at radius 2 is 1.60 bits per heavy atom. The second-order valence-electron chi connectivity index (χ2n) is 3.49. The molecule has 0 aliphatic carbocycles. The molecule has 4 heteroatoms. The molecule has 0 radical (unpaired) electrons. The largest absolute Gasteiger partial charge is 0.495 e. The highest BCUT2D eigenvalue weighted by Gasteiger charge is 2.09. The number of hydrogen-bond acceptors (Lipinski definition) is 3. The van der Waals surface area contributed by atoms with Crippen molar-refractivity contribution >= 4 is 28.3 Å². The van der Waals surface area contributed by atoms with Crippen molar-refractivity contribution in [2.24, 2.45) is 0 Å². The summed E-state index contributed by atoms with van der Waals surface area (Å²) < 4.78 is 11.6. The molecular formula is C11H16INO2. The summed E-state index contributed by atoms with van der Waals surface area (Å²) >= 11 is 2.21. The number of nitrogens with one attached hydrogen (secondary N) is 1. The van der Waals surface area contributed by atoms with Crippen molar-refractivity contribution in [2.75, 3.05) is 19.5 Å². The number of anilines is 1. The zero-order valence-corrected chi connectivity index (χ0v) is 11.6. The summed E-state index contributed by atoms with van der Waals surface area (Å²) in [5, 5.41) is 3.32. The molecule has 0 heterocycles. The fourth-order valence-electron chi connectivity index (χ4n) is 1.29. The number of benzene rings is 1. The van der Waals surface area contributed by atoms with Crippen molar-refractivity contribution in [3.63, 3.8) is 0 Å². The van der Waals surface area contributed by atoms with E-state index in [9.17, 15) is 0 Å². The van der Waals surface area contributed by atoms with E-state index in [-0.39, 0.29) is 0 Å². The van der Waals surface area contributed by atoms with Gasteiger partial charge in [-0.25, -0.2) is 0 Å². The zero-order valence-electron chi connectivity index (χ0n) is 9.43. The maximum Gasteiger partial charge on any atom is 0.138 e. The maximum absolute atomic E-state index is 5.28. The zero-order chi connectivity index (χ0) is 11.4. The van der Waals surface area contributed by atoms with Gasteiger partial charge in [-0.1, -0.05) is 0 Å². The molecule has 1 aromatic rings. The van der Waals surface area contributed by atoms with Crippen LogP contribution in [0.2, 0.25) is 0 Å². The molecule has 0 atom stereocenters. The van der Waals surface area contributed by atoms with Crippen LogP contribution in [0.25, 0.3) is 0 Å². The lowest BCUT2D eigenvalue weighted by molar-refractivity contribution is 0.389. The standard InChI is InChI=1S/C11H16INO2/c1-7(2)13-8-5-9(14-3)11(12)10(6-8)15-4/h5-7,13H,1-4H3. The predicted octanol–water partition coefficient (Wildman–Crippen LogP) is 3.13. The second-order valence-corrected chi connectivity index (χ2v) is 4.57. The van der Waals surface area contributed by atoms with Crippen LogP contribution in [0.4, 0.5) is 5.69 Å². The Kier molecular flexibility index (Phi) is 4.50. The van der Waals surface area contributed by atoms with Gasteiger partial charge in [-0.15, -0.1) is 0 Å². The SMILES string of the molecule is COc1cc(NC(C)C)cc(OC)c1I. The van der Waals surface area contributed by atoms with Gasteiger partial charge < -0.3 is 14.8 Å². The van der Waals surface area contributed by atoms with Crippen molar-refractivity contribution in [1.29, 1.82) is 0 Å². The summed E-state index contributed by atoms with van der Waals surface area (Å²) in [6, 6.07) is 4.34. The molecule has 0 fully saturated rings. The first-order valence-corrected chi connectivity index (χ1v) is 5.84. The van der Waals surface area contributed by atoms with Crippen LogP contribution in [0.15, 0.2) is 12.1 Å². The number of methoxy groups -OCH3 is 2. The van der Waals surface area contributed by atoms with E-state index < -0.39 is 0 Å². The molecule has 1 aromatic carbocycles. The van der Waals surface area contributed by atoms with E-state index in [0.29, 0.717) is 6.04 Å². The normalized spacial score (nSPS) is 10.3. The third kappa shape index (κ3) is 3.15. The third-order valence-corrected chi connectivity index (χ3v) is 2.96. The van der Waals surface area contributed by atoms with Crippen LogP contribution in [0, 0.1) is 3.57 Å². The van der Waals surface area contributed by atoms with Gasteiger partial charge in [0.2, 0.25) is 0 Å². The van der Waals surface area contributed by atoms with Crippen LogP contribution in [-0.2, 0) is 0 Å². The molecule has 0 aromatic heterocycles. The van der Waals surface area contributed by atoms with E-state index in [1.807, 2.05) is 12.1 Å². The monoisotopic (exact) mass is 321 g/mol. The minimum atomic E-state index is 0.388. The highest BCUT2D eigenvalue weighted by atomic mass is 127. The van der Waals surface area contributed by atoms with Crippen LogP contribution in [0.1, 0.15) is 13.8 Å². The molecule has 3 nitrogen and oxygen atoms in total. The molecule has 0 spiro atoms. The van der Waals surface area contributed by atoms with Crippen molar-refractivity contribution in [1.82, 2.24) is 0 Å². The van der Waals surface area contributed by atoms with Crippen molar-refractivity contribution in [3.05, 3.63) is 15.7 Å². The summed E-state index contributed by atoms with van der Waals surface area (Å²) in [5.74, 6) is 1.66. The first-order chi connectivity index (χ1) is 7.08. The average Bonchev–Trinajstić information content (AvgIpc) is 2.19. The molecule has 84 valence electrons. The molecule has 1 N–H and O–H groups in total. The van der Waals surface area contributed by atoms with Crippen molar-refractivity contribution < 1.29 is 9.47 Å². The number of halogens is 1. The fourth-order valence-corrected chi connectivity index (χ4v) is 2.04. The third-order valence-electron chi connectivity index (χ3n) is 1.90. The topological polar surface area (TPSA) is 30.5 Å². The van der Waals surface area contributed by atoms with Crippen LogP contribution in [0.5, 0.6) is 11.5 Å². The average molecular weight is 321 g/mol. The van der Waals surface area contributed by atoms with Gasteiger partial charge in [-0.2, -0.15) is 0 Å². The van der Waals surface area contributed by atoms with E-state index >= 15 is 0 Å². The fraction of sp³-hybridized carbons (Fsp3) is 0.455. The molecule has 0 aliphatic rings. The summed E-state index contributed by atoms with van der Waals surface area (Å²) in [7, 11) is 3.33. The summed E-state index contributed by atoms with van der Waals surface area (Å²) in [6.45, 7) is 4.19. The molecule has 0 saturated carbocycles. The first kappa shape index (κ1) is 12.4. The van der Waals surface area contributed by atoms with Gasteiger partial charge in [0.05, 0.1) is 17.8 Å². The van der Waals surface area contributed by atoms with Gasteiger partial charge in [0, 0.05) is 23.9 Å². The highest BCUT2D eigenvalue weighted by molar-refractivity contribution is 14.1. The van der Waals surface area contributed by atoms with E-state index in [0.717, 1.165) is 20.8 Å². The van der Waals surface area contributed by atoms with E-state index in [1.165, 1.54) is 0 Å². The van der Waals surface area contributed by atoms with E-state index in [4.69, 9.17) is 9.47 Å². The Morgan fingerprint density at radius 1 is 1.13 bits per heavy atom. The molecule has 0 bridgehead atoms. The van der Waals surface area contributed by atoms with Crippen molar-refractivity contribution in [3.8, 4) is 11.5 Å². The molecule has 15 heavy (non-hydrogen) atoms. The first-order valence-electron chi connectivity index (χ1n) is 4.76. The summed E-state index contributed by atoms with van der Waals surface area (Å²) in [4.78, 5) is 0. The predicted molar refractivity (Wildman–Crippen MR) is 71.0 cm³/mol. The molecule has 0 unspecified atom stereocenters. The van der Waals surface area contributed by atoms with Gasteiger partial charge in [-0.3, -0.25) is 0 Å². The number of hydrogen-bond donors (Lipinski definition) is 1. The smallest absolute Gasteiger partial charge is 0.138 e. The Labute approximate surface area is 104 Å². The second kappa shape index (κ2) is 5.44. The number of ether oxygens (including phenoxy) is 2. The molecule has 0 saturated heterocycles. The minimum absolute atomic E-state index is 0.388. The summed E-state index contributed by atoms with van der Waals surface area (Å²) in [5.41, 5.74) is 1.01. The van der Waals surface area contributed by atoms with Gasteiger partial charge in [0.15, 0.2) is 0 Å². The Bertz CT molecular complexity index is 314. The number of rotatable bonds is 4. The van der Waals surface area contributed by atoms with Gasteiger partial charge in [0.25, 0.3) is 0 Å². The lowest BCUT2D eigenvalue weighted by atomic mass is 10.2.